The van der Waals surface area contributed by atoms with Crippen LogP contribution in [0.25, 0.3) is 5.57 Å². The van der Waals surface area contributed by atoms with E-state index in [1.807, 2.05) is 36.2 Å². The average Bonchev–Trinajstić information content (AvgIpc) is 2.69. The van der Waals surface area contributed by atoms with E-state index in [1.54, 1.807) is 12.1 Å². The molecular formula is C21H19FN2O4S. The zero-order valence-corrected chi connectivity index (χ0v) is 16.7. The molecule has 0 amide bonds. The van der Waals surface area contributed by atoms with Gasteiger partial charge in [0.15, 0.2) is 17.4 Å². The van der Waals surface area contributed by atoms with Crippen LogP contribution in [0.3, 0.4) is 0 Å². The molecule has 0 atom stereocenters. The van der Waals surface area contributed by atoms with Crippen molar-refractivity contribution in [3.63, 3.8) is 0 Å². The van der Waals surface area contributed by atoms with Crippen molar-refractivity contribution in [2.45, 2.75) is 6.92 Å². The molecule has 6 nitrogen and oxygen atoms in total. The standard InChI is InChI=1S/C21H19FN2O4S/c1-14-11-18(21-23-29(25,26)10-9-24(21)13-14)15-3-5-16(6-4-15)28-17-7-8-19(22)20(12-17)27-2/h3-8,11-13H,9-10H2,1-2H3. The number of sulfonamides is 1. The SMILES string of the molecule is COc1cc(Oc2ccc(C3=CC(C)=CN4CCS(=O)(=O)N=C34)cc2)ccc1F. The monoisotopic (exact) mass is 414 g/mol. The van der Waals surface area contributed by atoms with Gasteiger partial charge in [-0.2, -0.15) is 0 Å². The van der Waals surface area contributed by atoms with Crippen LogP contribution in [0.2, 0.25) is 0 Å². The highest BCUT2D eigenvalue weighted by Gasteiger charge is 2.28. The number of rotatable bonds is 4. The van der Waals surface area contributed by atoms with E-state index in [-0.39, 0.29) is 11.5 Å². The highest BCUT2D eigenvalue weighted by Crippen LogP contribution is 2.31. The zero-order valence-electron chi connectivity index (χ0n) is 15.9. The number of ether oxygens (including phenoxy) is 2. The van der Waals surface area contributed by atoms with Gasteiger partial charge in [-0.1, -0.05) is 12.1 Å². The highest BCUT2D eigenvalue weighted by atomic mass is 32.2. The van der Waals surface area contributed by atoms with Crippen LogP contribution in [0, 0.1) is 5.82 Å². The molecule has 0 spiro atoms. The number of methoxy groups -OCH3 is 1. The number of hydrogen-bond donors (Lipinski definition) is 0. The summed E-state index contributed by atoms with van der Waals surface area (Å²) in [4.78, 5) is 1.86. The lowest BCUT2D eigenvalue weighted by Crippen LogP contribution is -2.38. The van der Waals surface area contributed by atoms with Gasteiger partial charge < -0.3 is 14.4 Å². The van der Waals surface area contributed by atoms with Gasteiger partial charge in [-0.25, -0.2) is 12.8 Å². The highest BCUT2D eigenvalue weighted by molar-refractivity contribution is 7.90. The maximum absolute atomic E-state index is 13.5. The van der Waals surface area contributed by atoms with Crippen LogP contribution >= 0.6 is 0 Å². The Morgan fingerprint density at radius 2 is 1.83 bits per heavy atom. The molecule has 0 radical (unpaired) electrons. The van der Waals surface area contributed by atoms with E-state index in [2.05, 4.69) is 4.40 Å². The second-order valence-corrected chi connectivity index (χ2v) is 8.50. The van der Waals surface area contributed by atoms with Gasteiger partial charge in [0.1, 0.15) is 11.5 Å². The van der Waals surface area contributed by atoms with E-state index in [1.165, 1.54) is 25.3 Å². The van der Waals surface area contributed by atoms with Crippen molar-refractivity contribution in [2.24, 2.45) is 4.40 Å². The molecule has 2 aromatic carbocycles. The second-order valence-electron chi connectivity index (χ2n) is 6.75. The van der Waals surface area contributed by atoms with Crippen molar-refractivity contribution in [3.8, 4) is 17.2 Å². The first-order valence-electron chi connectivity index (χ1n) is 8.96. The van der Waals surface area contributed by atoms with E-state index in [0.29, 0.717) is 23.9 Å². The summed E-state index contributed by atoms with van der Waals surface area (Å²) in [6.07, 6.45) is 3.81. The molecule has 2 aliphatic heterocycles. The molecule has 4 rings (SSSR count). The zero-order chi connectivity index (χ0) is 20.6. The summed E-state index contributed by atoms with van der Waals surface area (Å²) >= 11 is 0. The predicted molar refractivity (Wildman–Crippen MR) is 109 cm³/mol. The molecule has 0 unspecified atom stereocenters. The molecular weight excluding hydrogens is 395 g/mol. The van der Waals surface area contributed by atoms with Crippen LogP contribution in [0.4, 0.5) is 4.39 Å². The minimum atomic E-state index is -3.46. The molecule has 0 fully saturated rings. The Bertz CT molecular complexity index is 1150. The number of amidine groups is 1. The van der Waals surface area contributed by atoms with Gasteiger partial charge in [0.05, 0.1) is 12.9 Å². The molecule has 8 heteroatoms. The fourth-order valence-electron chi connectivity index (χ4n) is 3.21. The largest absolute Gasteiger partial charge is 0.494 e. The topological polar surface area (TPSA) is 68.2 Å². The van der Waals surface area contributed by atoms with Crippen molar-refractivity contribution in [3.05, 3.63) is 71.7 Å². The molecule has 2 aliphatic rings. The molecule has 0 aromatic heterocycles. The summed E-state index contributed by atoms with van der Waals surface area (Å²) < 4.78 is 52.2. The van der Waals surface area contributed by atoms with E-state index in [0.717, 1.165) is 16.7 Å². The van der Waals surface area contributed by atoms with Crippen LogP contribution in [0.1, 0.15) is 12.5 Å². The summed E-state index contributed by atoms with van der Waals surface area (Å²) in [5.74, 6) is 1.07. The number of allylic oxidation sites excluding steroid dienone is 2. The molecule has 29 heavy (non-hydrogen) atoms. The minimum Gasteiger partial charge on any atom is -0.494 e. The van der Waals surface area contributed by atoms with E-state index in [4.69, 9.17) is 9.47 Å². The van der Waals surface area contributed by atoms with Crippen molar-refractivity contribution >= 4 is 21.4 Å². The third kappa shape index (κ3) is 4.02. The van der Waals surface area contributed by atoms with E-state index < -0.39 is 15.8 Å². The Balaban J connectivity index is 1.62. The van der Waals surface area contributed by atoms with Crippen molar-refractivity contribution in [1.29, 1.82) is 0 Å². The van der Waals surface area contributed by atoms with Gasteiger partial charge in [-0.3, -0.25) is 0 Å². The third-order valence-corrected chi connectivity index (χ3v) is 5.73. The van der Waals surface area contributed by atoms with Crippen LogP contribution in [0.15, 0.2) is 64.7 Å². The average molecular weight is 414 g/mol. The minimum absolute atomic E-state index is 0.00146. The van der Waals surface area contributed by atoms with Gasteiger partial charge in [0, 0.05) is 24.4 Å². The maximum atomic E-state index is 13.5. The first kappa shape index (κ1) is 19.2. The smallest absolute Gasteiger partial charge is 0.256 e. The molecule has 0 N–H and O–H groups in total. The maximum Gasteiger partial charge on any atom is 0.256 e. The summed E-state index contributed by atoms with van der Waals surface area (Å²) in [5, 5.41) is 0. The summed E-state index contributed by atoms with van der Waals surface area (Å²) in [6, 6.07) is 11.5. The number of hydrogen-bond acceptors (Lipinski definition) is 5. The lowest BCUT2D eigenvalue weighted by atomic mass is 9.99. The van der Waals surface area contributed by atoms with E-state index in [9.17, 15) is 12.8 Å². The van der Waals surface area contributed by atoms with E-state index >= 15 is 0 Å². The molecule has 150 valence electrons. The number of halogens is 1. The van der Waals surface area contributed by atoms with Gasteiger partial charge in [-0.15, -0.1) is 4.40 Å². The van der Waals surface area contributed by atoms with Crippen LogP contribution in [-0.4, -0.2) is 38.6 Å². The van der Waals surface area contributed by atoms with Crippen LogP contribution in [-0.2, 0) is 10.0 Å². The number of nitrogens with zero attached hydrogens (tertiary/aromatic N) is 2. The first-order chi connectivity index (χ1) is 13.8. The summed E-state index contributed by atoms with van der Waals surface area (Å²) in [5.41, 5.74) is 2.57. The lowest BCUT2D eigenvalue weighted by Gasteiger charge is -2.30. The Labute approximate surface area is 168 Å². The fraction of sp³-hybridized carbons (Fsp3) is 0.190. The second kappa shape index (κ2) is 7.36. The first-order valence-corrected chi connectivity index (χ1v) is 10.6. The van der Waals surface area contributed by atoms with Gasteiger partial charge in [0.2, 0.25) is 0 Å². The Morgan fingerprint density at radius 3 is 2.55 bits per heavy atom. The predicted octanol–water partition coefficient (Wildman–Crippen LogP) is 3.97. The Kier molecular flexibility index (Phi) is 4.87. The Hall–Kier alpha value is -3.13. The molecule has 0 saturated carbocycles. The normalized spacial score (nSPS) is 17.6. The van der Waals surface area contributed by atoms with Gasteiger partial charge in [0.25, 0.3) is 10.0 Å². The number of fused-ring (bicyclic) bond motifs is 1. The molecule has 0 aliphatic carbocycles. The fourth-order valence-corrected chi connectivity index (χ4v) is 4.19. The number of benzene rings is 2. The molecule has 2 aromatic rings. The van der Waals surface area contributed by atoms with Gasteiger partial charge >= 0.3 is 0 Å². The Morgan fingerprint density at radius 1 is 1.10 bits per heavy atom. The van der Waals surface area contributed by atoms with Crippen molar-refractivity contribution < 1.29 is 22.3 Å². The van der Waals surface area contributed by atoms with Crippen LogP contribution in [0.5, 0.6) is 17.2 Å². The van der Waals surface area contributed by atoms with Crippen molar-refractivity contribution in [1.82, 2.24) is 4.90 Å². The summed E-state index contributed by atoms with van der Waals surface area (Å²) in [7, 11) is -2.07. The lowest BCUT2D eigenvalue weighted by molar-refractivity contribution is 0.381. The molecule has 0 bridgehead atoms. The quantitative estimate of drug-likeness (QED) is 0.757. The summed E-state index contributed by atoms with van der Waals surface area (Å²) in [6.45, 7) is 2.34. The molecule has 2 heterocycles. The van der Waals surface area contributed by atoms with Crippen LogP contribution < -0.4 is 9.47 Å². The van der Waals surface area contributed by atoms with Gasteiger partial charge in [-0.05, 0) is 48.4 Å². The van der Waals surface area contributed by atoms with Crippen molar-refractivity contribution in [2.75, 3.05) is 19.4 Å². The molecule has 0 saturated heterocycles. The third-order valence-electron chi connectivity index (χ3n) is 4.58.